The highest BCUT2D eigenvalue weighted by atomic mass is 16.2. The summed E-state index contributed by atoms with van der Waals surface area (Å²) in [6.45, 7) is 5.08. The van der Waals surface area contributed by atoms with Crippen LogP contribution in [0.4, 0.5) is 0 Å². The number of fused-ring (bicyclic) bond motifs is 1. The summed E-state index contributed by atoms with van der Waals surface area (Å²) in [5, 5.41) is 2.04. The predicted octanol–water partition coefficient (Wildman–Crippen LogP) is 3.28. The Labute approximate surface area is 181 Å². The first kappa shape index (κ1) is 20.6. The maximum atomic E-state index is 13.4. The Kier molecular flexibility index (Phi) is 5.46. The van der Waals surface area contributed by atoms with Gasteiger partial charge in [-0.25, -0.2) is 0 Å². The van der Waals surface area contributed by atoms with Gasteiger partial charge in [-0.2, -0.15) is 0 Å². The van der Waals surface area contributed by atoms with Gasteiger partial charge in [0.15, 0.2) is 11.2 Å². The van der Waals surface area contributed by atoms with Crippen molar-refractivity contribution in [2.45, 2.75) is 32.9 Å². The smallest absolute Gasteiger partial charge is 0.274 e. The highest BCUT2D eigenvalue weighted by Gasteiger charge is 2.38. The van der Waals surface area contributed by atoms with Gasteiger partial charge < -0.3 is 4.90 Å². The number of rotatable bonds is 5. The van der Waals surface area contributed by atoms with Crippen molar-refractivity contribution < 1.29 is 9.59 Å². The fourth-order valence-electron chi connectivity index (χ4n) is 4.05. The average molecular weight is 415 g/mol. The molecule has 0 fully saturated rings. The van der Waals surface area contributed by atoms with Crippen molar-refractivity contribution in [1.29, 1.82) is 0 Å². The quantitative estimate of drug-likeness (QED) is 0.642. The molecule has 2 heterocycles. The number of carbonyl (C=O) groups excluding carboxylic acids is 2. The number of ketones is 1. The second-order valence-electron chi connectivity index (χ2n) is 7.86. The molecule has 0 radical (unpaired) electrons. The molecule has 1 aromatic heterocycles. The molecule has 1 atom stereocenters. The van der Waals surface area contributed by atoms with Crippen LogP contribution in [0, 0.1) is 6.92 Å². The van der Waals surface area contributed by atoms with E-state index in [-0.39, 0.29) is 29.8 Å². The topological polar surface area (TPSA) is 62.6 Å². The Hall–Kier alpha value is -3.67. The molecule has 1 amide bonds. The molecule has 0 spiro atoms. The van der Waals surface area contributed by atoms with E-state index in [2.05, 4.69) is 0 Å². The van der Waals surface area contributed by atoms with Crippen LogP contribution in [0.3, 0.4) is 0 Å². The predicted molar refractivity (Wildman–Crippen MR) is 120 cm³/mol. The van der Waals surface area contributed by atoms with Gasteiger partial charge in [-0.05, 0) is 31.9 Å². The number of nitrogens with zero attached hydrogens (tertiary/aromatic N) is 3. The van der Waals surface area contributed by atoms with Gasteiger partial charge in [-0.15, -0.1) is 0 Å². The molecule has 0 bridgehead atoms. The number of hydrogen-bond donors (Lipinski definition) is 0. The molecule has 1 aliphatic heterocycles. The van der Waals surface area contributed by atoms with Crippen molar-refractivity contribution in [1.82, 2.24) is 9.58 Å². The second kappa shape index (κ2) is 8.22. The molecule has 31 heavy (non-hydrogen) atoms. The van der Waals surface area contributed by atoms with E-state index < -0.39 is 6.04 Å². The molecule has 1 aliphatic rings. The number of hydrogen-bond acceptors (Lipinski definition) is 4. The summed E-state index contributed by atoms with van der Waals surface area (Å²) in [5.74, 6) is -0.414. The zero-order chi connectivity index (χ0) is 22.1. The molecule has 3 aromatic rings. The van der Waals surface area contributed by atoms with Gasteiger partial charge in [0.2, 0.25) is 0 Å². The molecule has 6 nitrogen and oxygen atoms in total. The maximum Gasteiger partial charge on any atom is 0.274 e. The standard InChI is InChI=1S/C25H25N3O3/c1-17-22(30)14-15-27-23(17)25(31)26(18(2)19(3)29)16-28(27)24(20-10-6-4-7-11-20)21-12-8-5-9-13-21/h4-15,18,24H,16H2,1-3H3. The van der Waals surface area contributed by atoms with Crippen LogP contribution in [0.1, 0.15) is 47.1 Å². The van der Waals surface area contributed by atoms with Crippen molar-refractivity contribution in [3.8, 4) is 0 Å². The molecule has 0 aliphatic carbocycles. The van der Waals surface area contributed by atoms with Crippen molar-refractivity contribution in [2.24, 2.45) is 0 Å². The molecule has 4 rings (SSSR count). The van der Waals surface area contributed by atoms with Crippen LogP contribution in [0.2, 0.25) is 0 Å². The van der Waals surface area contributed by atoms with Crippen molar-refractivity contribution in [3.63, 3.8) is 0 Å². The van der Waals surface area contributed by atoms with Crippen LogP contribution < -0.4 is 10.4 Å². The van der Waals surface area contributed by atoms with Crippen LogP contribution in [-0.4, -0.2) is 34.0 Å². The van der Waals surface area contributed by atoms with Gasteiger partial charge in [-0.1, -0.05) is 60.7 Å². The van der Waals surface area contributed by atoms with Crippen molar-refractivity contribution in [2.75, 3.05) is 11.7 Å². The Morgan fingerprint density at radius 3 is 1.97 bits per heavy atom. The minimum Gasteiger partial charge on any atom is -0.308 e. The van der Waals surface area contributed by atoms with Crippen molar-refractivity contribution >= 4 is 11.7 Å². The summed E-state index contributed by atoms with van der Waals surface area (Å²) >= 11 is 0. The largest absolute Gasteiger partial charge is 0.308 e. The van der Waals surface area contributed by atoms with Gasteiger partial charge >= 0.3 is 0 Å². The Balaban J connectivity index is 1.95. The third-order valence-corrected chi connectivity index (χ3v) is 5.94. The monoisotopic (exact) mass is 415 g/mol. The Morgan fingerprint density at radius 1 is 0.903 bits per heavy atom. The van der Waals surface area contributed by atoms with E-state index in [4.69, 9.17) is 0 Å². The van der Waals surface area contributed by atoms with Crippen LogP contribution in [0.5, 0.6) is 0 Å². The molecule has 6 heteroatoms. The summed E-state index contributed by atoms with van der Waals surface area (Å²) < 4.78 is 1.77. The lowest BCUT2D eigenvalue weighted by Gasteiger charge is -2.45. The van der Waals surface area contributed by atoms with Crippen LogP contribution in [0.25, 0.3) is 0 Å². The van der Waals surface area contributed by atoms with E-state index in [1.807, 2.05) is 65.7 Å². The molecule has 2 aromatic carbocycles. The highest BCUT2D eigenvalue weighted by molar-refractivity contribution is 5.98. The number of benzene rings is 2. The molecular formula is C25H25N3O3. The first-order valence-corrected chi connectivity index (χ1v) is 10.3. The fraction of sp³-hybridized carbons (Fsp3) is 0.240. The highest BCUT2D eigenvalue weighted by Crippen LogP contribution is 2.31. The van der Waals surface area contributed by atoms with Crippen LogP contribution in [-0.2, 0) is 4.79 Å². The minimum atomic E-state index is -0.606. The third kappa shape index (κ3) is 3.65. The fourth-order valence-corrected chi connectivity index (χ4v) is 4.05. The molecule has 0 saturated heterocycles. The third-order valence-electron chi connectivity index (χ3n) is 5.94. The van der Waals surface area contributed by atoms with E-state index in [9.17, 15) is 14.4 Å². The Bertz CT molecular complexity index is 1130. The van der Waals surface area contributed by atoms with Gasteiger partial charge in [-0.3, -0.25) is 24.1 Å². The number of aromatic nitrogens is 1. The zero-order valence-electron chi connectivity index (χ0n) is 17.9. The van der Waals surface area contributed by atoms with Gasteiger partial charge in [0.25, 0.3) is 5.91 Å². The lowest BCUT2D eigenvalue weighted by molar-refractivity contribution is -0.121. The minimum absolute atomic E-state index is 0.103. The molecular weight excluding hydrogens is 390 g/mol. The van der Waals surface area contributed by atoms with Crippen molar-refractivity contribution in [3.05, 3.63) is 106 Å². The molecule has 0 saturated carbocycles. The molecule has 158 valence electrons. The normalized spacial score (nSPS) is 14.5. The first-order valence-electron chi connectivity index (χ1n) is 10.3. The second-order valence-corrected chi connectivity index (χ2v) is 7.86. The maximum absolute atomic E-state index is 13.4. The van der Waals surface area contributed by atoms with E-state index in [1.54, 1.807) is 29.6 Å². The lowest BCUT2D eigenvalue weighted by atomic mass is 9.97. The lowest BCUT2D eigenvalue weighted by Crippen LogP contribution is -2.59. The molecule has 0 N–H and O–H groups in total. The van der Waals surface area contributed by atoms with E-state index in [0.29, 0.717) is 11.3 Å². The average Bonchev–Trinajstić information content (AvgIpc) is 2.78. The van der Waals surface area contributed by atoms with E-state index in [0.717, 1.165) is 11.1 Å². The Morgan fingerprint density at radius 2 is 1.45 bits per heavy atom. The molecule has 1 unspecified atom stereocenters. The van der Waals surface area contributed by atoms with E-state index in [1.165, 1.54) is 13.0 Å². The summed E-state index contributed by atoms with van der Waals surface area (Å²) in [7, 11) is 0. The summed E-state index contributed by atoms with van der Waals surface area (Å²) in [5.41, 5.74) is 2.55. The number of amides is 1. The number of pyridine rings is 1. The van der Waals surface area contributed by atoms with Gasteiger partial charge in [0, 0.05) is 17.8 Å². The van der Waals surface area contributed by atoms with Gasteiger partial charge in [0.05, 0.1) is 12.1 Å². The number of Topliss-reactive ketones (excluding diaryl/α,β-unsaturated/α-hetero) is 1. The first-order chi connectivity index (χ1) is 14.9. The summed E-state index contributed by atoms with van der Waals surface area (Å²) in [6.07, 6.45) is 1.65. The summed E-state index contributed by atoms with van der Waals surface area (Å²) in [6, 6.07) is 20.7. The SMILES string of the molecule is CC(=O)C(C)N1CN(C(c2ccccc2)c2ccccc2)n2ccc(=O)c(C)c2C1=O. The zero-order valence-corrected chi connectivity index (χ0v) is 17.9. The van der Waals surface area contributed by atoms with Crippen LogP contribution >= 0.6 is 0 Å². The van der Waals surface area contributed by atoms with E-state index >= 15 is 0 Å². The number of carbonyl (C=O) groups is 2. The van der Waals surface area contributed by atoms with Crippen LogP contribution in [0.15, 0.2) is 77.7 Å². The summed E-state index contributed by atoms with van der Waals surface area (Å²) in [4.78, 5) is 39.5. The van der Waals surface area contributed by atoms with Gasteiger partial charge in [0.1, 0.15) is 12.4 Å².